The predicted molar refractivity (Wildman–Crippen MR) is 135 cm³/mol. The SMILES string of the molecule is N/C(=C\C(=NCc1ccccc1)c1ccc(Br)cc1)c1ccc(-c2ccccc2)cc1. The van der Waals surface area contributed by atoms with E-state index in [0.717, 1.165) is 26.9 Å². The van der Waals surface area contributed by atoms with Gasteiger partial charge in [0.25, 0.3) is 0 Å². The predicted octanol–water partition coefficient (Wildman–Crippen LogP) is 7.11. The van der Waals surface area contributed by atoms with Crippen LogP contribution in [-0.4, -0.2) is 5.71 Å². The molecule has 4 aromatic carbocycles. The van der Waals surface area contributed by atoms with E-state index in [-0.39, 0.29) is 0 Å². The van der Waals surface area contributed by atoms with Crippen molar-refractivity contribution in [2.75, 3.05) is 0 Å². The van der Waals surface area contributed by atoms with Gasteiger partial charge in [0.15, 0.2) is 0 Å². The highest BCUT2D eigenvalue weighted by Crippen LogP contribution is 2.21. The Hall–Kier alpha value is -3.43. The van der Waals surface area contributed by atoms with Crippen LogP contribution >= 0.6 is 15.9 Å². The number of halogens is 1. The van der Waals surface area contributed by atoms with Gasteiger partial charge in [-0.15, -0.1) is 0 Å². The van der Waals surface area contributed by atoms with E-state index in [1.165, 1.54) is 11.1 Å². The minimum Gasteiger partial charge on any atom is -0.398 e. The Morgan fingerprint density at radius 1 is 0.677 bits per heavy atom. The van der Waals surface area contributed by atoms with Crippen molar-refractivity contribution in [2.45, 2.75) is 6.54 Å². The molecule has 0 aliphatic rings. The third-order valence-corrected chi connectivity index (χ3v) is 5.56. The molecule has 152 valence electrons. The molecule has 0 atom stereocenters. The zero-order chi connectivity index (χ0) is 21.5. The van der Waals surface area contributed by atoms with E-state index in [0.29, 0.717) is 12.2 Å². The molecule has 2 N–H and O–H groups in total. The van der Waals surface area contributed by atoms with Crippen LogP contribution in [-0.2, 0) is 6.54 Å². The topological polar surface area (TPSA) is 38.4 Å². The molecule has 0 aliphatic carbocycles. The Morgan fingerprint density at radius 2 is 1.23 bits per heavy atom. The van der Waals surface area contributed by atoms with Gasteiger partial charge in [-0.05, 0) is 46.0 Å². The lowest BCUT2D eigenvalue weighted by Gasteiger charge is -2.08. The van der Waals surface area contributed by atoms with Crippen LogP contribution in [0, 0.1) is 0 Å². The van der Waals surface area contributed by atoms with E-state index in [4.69, 9.17) is 10.7 Å². The quantitative estimate of drug-likeness (QED) is 0.302. The lowest BCUT2D eigenvalue weighted by molar-refractivity contribution is 1.07. The summed E-state index contributed by atoms with van der Waals surface area (Å²) in [6.45, 7) is 0.600. The second kappa shape index (κ2) is 10.1. The lowest BCUT2D eigenvalue weighted by atomic mass is 10.0. The van der Waals surface area contributed by atoms with E-state index in [1.807, 2.05) is 54.6 Å². The van der Waals surface area contributed by atoms with Gasteiger partial charge in [0, 0.05) is 10.2 Å². The maximum Gasteiger partial charge on any atom is 0.0671 e. The molecule has 0 unspecified atom stereocenters. The first-order valence-electron chi connectivity index (χ1n) is 10.2. The number of nitrogens with zero attached hydrogens (tertiary/aromatic N) is 1. The van der Waals surface area contributed by atoms with E-state index < -0.39 is 0 Å². The van der Waals surface area contributed by atoms with Crippen molar-refractivity contribution in [1.82, 2.24) is 0 Å². The summed E-state index contributed by atoms with van der Waals surface area (Å²) in [5.41, 5.74) is 13.6. The number of hydrogen-bond donors (Lipinski definition) is 1. The van der Waals surface area contributed by atoms with E-state index in [9.17, 15) is 0 Å². The van der Waals surface area contributed by atoms with Crippen molar-refractivity contribution in [3.8, 4) is 11.1 Å². The van der Waals surface area contributed by atoms with Crippen molar-refractivity contribution >= 4 is 27.3 Å². The second-order valence-corrected chi connectivity index (χ2v) is 8.15. The maximum absolute atomic E-state index is 6.49. The van der Waals surface area contributed by atoms with Crippen LogP contribution in [0.4, 0.5) is 0 Å². The van der Waals surface area contributed by atoms with Gasteiger partial charge in [0.2, 0.25) is 0 Å². The van der Waals surface area contributed by atoms with Gasteiger partial charge in [-0.25, -0.2) is 0 Å². The van der Waals surface area contributed by atoms with Crippen molar-refractivity contribution in [3.05, 3.63) is 136 Å². The van der Waals surface area contributed by atoms with Gasteiger partial charge >= 0.3 is 0 Å². The lowest BCUT2D eigenvalue weighted by Crippen LogP contribution is -2.04. The molecule has 31 heavy (non-hydrogen) atoms. The van der Waals surface area contributed by atoms with Crippen LogP contribution in [0.25, 0.3) is 16.8 Å². The van der Waals surface area contributed by atoms with Gasteiger partial charge in [-0.1, -0.05) is 113 Å². The molecule has 2 nitrogen and oxygen atoms in total. The summed E-state index contributed by atoms with van der Waals surface area (Å²) in [6, 6.07) is 37.0. The summed E-state index contributed by atoms with van der Waals surface area (Å²) in [5, 5.41) is 0. The number of benzene rings is 4. The van der Waals surface area contributed by atoms with Crippen LogP contribution in [0.5, 0.6) is 0 Å². The number of allylic oxidation sites excluding steroid dienone is 1. The van der Waals surface area contributed by atoms with E-state index >= 15 is 0 Å². The maximum atomic E-state index is 6.49. The Morgan fingerprint density at radius 3 is 1.87 bits per heavy atom. The molecule has 0 heterocycles. The number of nitrogens with two attached hydrogens (primary N) is 1. The zero-order valence-electron chi connectivity index (χ0n) is 17.1. The van der Waals surface area contributed by atoms with Crippen LogP contribution < -0.4 is 5.73 Å². The highest BCUT2D eigenvalue weighted by molar-refractivity contribution is 9.10. The van der Waals surface area contributed by atoms with Crippen molar-refractivity contribution in [3.63, 3.8) is 0 Å². The number of hydrogen-bond acceptors (Lipinski definition) is 2. The fourth-order valence-corrected chi connectivity index (χ4v) is 3.58. The number of aliphatic imine (C=N–C) groups is 1. The molecular formula is C28H23BrN2. The Labute approximate surface area is 191 Å². The molecule has 0 saturated heterocycles. The smallest absolute Gasteiger partial charge is 0.0671 e. The molecule has 0 saturated carbocycles. The van der Waals surface area contributed by atoms with Gasteiger partial charge in [-0.3, -0.25) is 4.99 Å². The summed E-state index contributed by atoms with van der Waals surface area (Å²) < 4.78 is 1.03. The molecular weight excluding hydrogens is 444 g/mol. The normalized spacial score (nSPS) is 12.0. The summed E-state index contributed by atoms with van der Waals surface area (Å²) in [7, 11) is 0. The first-order valence-corrected chi connectivity index (χ1v) is 11.0. The fraction of sp³-hybridized carbons (Fsp3) is 0.0357. The van der Waals surface area contributed by atoms with Gasteiger partial charge in [0.1, 0.15) is 0 Å². The first-order chi connectivity index (χ1) is 15.2. The average molecular weight is 467 g/mol. The second-order valence-electron chi connectivity index (χ2n) is 7.24. The molecule has 0 amide bonds. The molecule has 0 radical (unpaired) electrons. The summed E-state index contributed by atoms with van der Waals surface area (Å²) in [4.78, 5) is 4.87. The highest BCUT2D eigenvalue weighted by Gasteiger charge is 2.05. The minimum absolute atomic E-state index is 0.600. The Kier molecular flexibility index (Phi) is 6.75. The highest BCUT2D eigenvalue weighted by atomic mass is 79.9. The van der Waals surface area contributed by atoms with Crippen LogP contribution in [0.1, 0.15) is 16.7 Å². The molecule has 4 rings (SSSR count). The Bertz CT molecular complexity index is 1180. The summed E-state index contributed by atoms with van der Waals surface area (Å²) in [6.07, 6.45) is 1.96. The standard InChI is InChI=1S/C28H23BrN2/c29-26-17-15-25(16-18-26)28(31-20-21-7-3-1-4-8-21)19-27(30)24-13-11-23(12-14-24)22-9-5-2-6-10-22/h1-19H,20,30H2/b27-19-,31-28?. The molecule has 0 aromatic heterocycles. The molecule has 0 spiro atoms. The largest absolute Gasteiger partial charge is 0.398 e. The van der Waals surface area contributed by atoms with Crippen LogP contribution in [0.2, 0.25) is 0 Å². The van der Waals surface area contributed by atoms with Gasteiger partial charge in [0.05, 0.1) is 12.3 Å². The van der Waals surface area contributed by atoms with E-state index in [1.54, 1.807) is 0 Å². The third-order valence-electron chi connectivity index (χ3n) is 5.03. The van der Waals surface area contributed by atoms with Gasteiger partial charge in [-0.2, -0.15) is 0 Å². The van der Waals surface area contributed by atoms with Crippen molar-refractivity contribution < 1.29 is 0 Å². The van der Waals surface area contributed by atoms with Crippen molar-refractivity contribution in [1.29, 1.82) is 0 Å². The van der Waals surface area contributed by atoms with Crippen molar-refractivity contribution in [2.24, 2.45) is 10.7 Å². The van der Waals surface area contributed by atoms with Crippen LogP contribution in [0.15, 0.2) is 125 Å². The zero-order valence-corrected chi connectivity index (χ0v) is 18.7. The average Bonchev–Trinajstić information content (AvgIpc) is 2.83. The first kappa shape index (κ1) is 20.8. The molecule has 0 fully saturated rings. The van der Waals surface area contributed by atoms with Gasteiger partial charge < -0.3 is 5.73 Å². The molecule has 4 aromatic rings. The molecule has 3 heteroatoms. The summed E-state index contributed by atoms with van der Waals surface area (Å²) in [5.74, 6) is 0. The van der Waals surface area contributed by atoms with E-state index in [2.05, 4.69) is 76.6 Å². The monoisotopic (exact) mass is 466 g/mol. The number of rotatable bonds is 6. The third kappa shape index (κ3) is 5.59. The Balaban J connectivity index is 1.63. The fourth-order valence-electron chi connectivity index (χ4n) is 3.32. The van der Waals surface area contributed by atoms with Crippen LogP contribution in [0.3, 0.4) is 0 Å². The molecule has 0 aliphatic heterocycles. The summed E-state index contributed by atoms with van der Waals surface area (Å²) >= 11 is 3.50. The minimum atomic E-state index is 0.600. The molecule has 0 bridgehead atoms.